The third kappa shape index (κ3) is 4.69. The summed E-state index contributed by atoms with van der Waals surface area (Å²) in [7, 11) is 1.27. The van der Waals surface area contributed by atoms with Crippen molar-refractivity contribution in [3.63, 3.8) is 0 Å². The Kier molecular flexibility index (Phi) is 6.21. The van der Waals surface area contributed by atoms with Crippen LogP contribution >= 0.6 is 0 Å². The molecule has 2 aromatic carbocycles. The number of nitrogens with zero attached hydrogens (tertiary/aromatic N) is 1. The number of amides is 3. The summed E-state index contributed by atoms with van der Waals surface area (Å²) >= 11 is 0. The van der Waals surface area contributed by atoms with E-state index in [0.29, 0.717) is 11.3 Å². The van der Waals surface area contributed by atoms with Gasteiger partial charge in [-0.25, -0.2) is 9.59 Å². The van der Waals surface area contributed by atoms with Crippen molar-refractivity contribution >= 4 is 41.0 Å². The predicted molar refractivity (Wildman–Crippen MR) is 105 cm³/mol. The van der Waals surface area contributed by atoms with Gasteiger partial charge in [0.05, 0.1) is 23.9 Å². The number of nitrogens with one attached hydrogen (secondary N) is 1. The fourth-order valence-corrected chi connectivity index (χ4v) is 2.86. The molecule has 1 aliphatic heterocycles. The lowest BCUT2D eigenvalue weighted by Gasteiger charge is -2.14. The molecule has 0 radical (unpaired) electrons. The summed E-state index contributed by atoms with van der Waals surface area (Å²) in [5, 5.41) is 2.53. The van der Waals surface area contributed by atoms with Crippen molar-refractivity contribution in [1.29, 1.82) is 0 Å². The lowest BCUT2D eigenvalue weighted by atomic mass is 10.2. The van der Waals surface area contributed by atoms with Gasteiger partial charge < -0.3 is 14.8 Å². The standard InChI is InChI=1S/C21H18N2O7/c1-29-20(27)13-5-7-15(8-6-13)22-17(24)12-30-21(28)14-3-2-4-16(11-14)23-18(25)9-10-19(23)26/h2-8,11H,9-10,12H2,1H3,(H,22,24). The molecule has 0 atom stereocenters. The molecule has 0 spiro atoms. The zero-order valence-corrected chi connectivity index (χ0v) is 16.0. The van der Waals surface area contributed by atoms with E-state index >= 15 is 0 Å². The van der Waals surface area contributed by atoms with E-state index in [1.807, 2.05) is 0 Å². The number of methoxy groups -OCH3 is 1. The fourth-order valence-electron chi connectivity index (χ4n) is 2.86. The van der Waals surface area contributed by atoms with E-state index in [0.717, 1.165) is 4.90 Å². The average Bonchev–Trinajstić information content (AvgIpc) is 3.10. The summed E-state index contributed by atoms with van der Waals surface area (Å²) < 4.78 is 9.59. The molecule has 3 rings (SSSR count). The Labute approximate surface area is 171 Å². The molecule has 154 valence electrons. The molecule has 9 nitrogen and oxygen atoms in total. The number of rotatable bonds is 6. The largest absolute Gasteiger partial charge is 0.465 e. The first-order valence-electron chi connectivity index (χ1n) is 9.00. The molecular weight excluding hydrogens is 392 g/mol. The lowest BCUT2D eigenvalue weighted by molar-refractivity contribution is -0.121. The zero-order valence-electron chi connectivity index (χ0n) is 16.0. The molecule has 1 aliphatic rings. The van der Waals surface area contributed by atoms with E-state index in [2.05, 4.69) is 10.1 Å². The molecule has 1 fully saturated rings. The summed E-state index contributed by atoms with van der Waals surface area (Å²) in [5.41, 5.74) is 1.14. The van der Waals surface area contributed by atoms with Crippen molar-refractivity contribution in [3.05, 3.63) is 59.7 Å². The van der Waals surface area contributed by atoms with Crippen LogP contribution in [0.5, 0.6) is 0 Å². The molecule has 1 heterocycles. The van der Waals surface area contributed by atoms with Crippen LogP contribution in [0.4, 0.5) is 11.4 Å². The minimum atomic E-state index is -0.771. The van der Waals surface area contributed by atoms with Crippen molar-refractivity contribution < 1.29 is 33.4 Å². The number of ether oxygens (including phenoxy) is 2. The molecule has 1 N–H and O–H groups in total. The maximum absolute atomic E-state index is 12.2. The SMILES string of the molecule is COC(=O)c1ccc(NC(=O)COC(=O)c2cccc(N3C(=O)CCC3=O)c2)cc1. The number of hydrogen-bond donors (Lipinski definition) is 1. The molecular formula is C21H18N2O7. The zero-order chi connectivity index (χ0) is 21.7. The average molecular weight is 410 g/mol. The monoisotopic (exact) mass is 410 g/mol. The van der Waals surface area contributed by atoms with Gasteiger partial charge in [-0.3, -0.25) is 19.3 Å². The Hall–Kier alpha value is -4.01. The van der Waals surface area contributed by atoms with E-state index in [1.54, 1.807) is 6.07 Å². The first-order chi connectivity index (χ1) is 14.4. The van der Waals surface area contributed by atoms with Gasteiger partial charge in [0.1, 0.15) is 0 Å². The molecule has 9 heteroatoms. The number of carbonyl (C=O) groups excluding carboxylic acids is 5. The Bertz CT molecular complexity index is 998. The molecule has 0 bridgehead atoms. The van der Waals surface area contributed by atoms with Gasteiger partial charge in [-0.2, -0.15) is 0 Å². The van der Waals surface area contributed by atoms with Crippen LogP contribution in [0.1, 0.15) is 33.6 Å². The number of imide groups is 1. The second kappa shape index (κ2) is 8.99. The predicted octanol–water partition coefficient (Wildman–Crippen LogP) is 1.92. The number of hydrogen-bond acceptors (Lipinski definition) is 7. The summed E-state index contributed by atoms with van der Waals surface area (Å²) in [4.78, 5) is 60.4. The molecule has 0 aromatic heterocycles. The van der Waals surface area contributed by atoms with Crippen molar-refractivity contribution in [3.8, 4) is 0 Å². The molecule has 0 aliphatic carbocycles. The van der Waals surface area contributed by atoms with Crippen LogP contribution in [0.3, 0.4) is 0 Å². The van der Waals surface area contributed by atoms with Gasteiger partial charge >= 0.3 is 11.9 Å². The smallest absolute Gasteiger partial charge is 0.338 e. The van der Waals surface area contributed by atoms with Crippen LogP contribution in [0.15, 0.2) is 48.5 Å². The summed E-state index contributed by atoms with van der Waals surface area (Å²) in [6.45, 7) is -0.538. The van der Waals surface area contributed by atoms with E-state index in [-0.39, 0.29) is 35.9 Å². The highest BCUT2D eigenvalue weighted by molar-refractivity contribution is 6.20. The minimum absolute atomic E-state index is 0.107. The third-order valence-electron chi connectivity index (χ3n) is 4.32. The number of anilines is 2. The summed E-state index contributed by atoms with van der Waals surface area (Å²) in [6, 6.07) is 11.9. The summed E-state index contributed by atoms with van der Waals surface area (Å²) in [5.74, 6) is -2.50. The second-order valence-electron chi connectivity index (χ2n) is 6.37. The normalized spacial score (nSPS) is 13.2. The Balaban J connectivity index is 1.57. The van der Waals surface area contributed by atoms with Crippen molar-refractivity contribution in [2.75, 3.05) is 23.9 Å². The highest BCUT2D eigenvalue weighted by Crippen LogP contribution is 2.23. The minimum Gasteiger partial charge on any atom is -0.465 e. The van der Waals surface area contributed by atoms with Gasteiger partial charge in [0.15, 0.2) is 6.61 Å². The maximum atomic E-state index is 12.2. The van der Waals surface area contributed by atoms with Gasteiger partial charge in [-0.1, -0.05) is 6.07 Å². The highest BCUT2D eigenvalue weighted by atomic mass is 16.5. The van der Waals surface area contributed by atoms with Crippen molar-refractivity contribution in [2.45, 2.75) is 12.8 Å². The number of carbonyl (C=O) groups is 5. The quantitative estimate of drug-likeness (QED) is 0.571. The Morgan fingerprint density at radius 3 is 2.23 bits per heavy atom. The highest BCUT2D eigenvalue weighted by Gasteiger charge is 2.30. The van der Waals surface area contributed by atoms with Crippen molar-refractivity contribution in [1.82, 2.24) is 0 Å². The lowest BCUT2D eigenvalue weighted by Crippen LogP contribution is -2.28. The van der Waals surface area contributed by atoms with Crippen LogP contribution in [0.2, 0.25) is 0 Å². The maximum Gasteiger partial charge on any atom is 0.338 e. The topological polar surface area (TPSA) is 119 Å². The van der Waals surface area contributed by atoms with Crippen LogP contribution in [0.25, 0.3) is 0 Å². The number of benzene rings is 2. The first kappa shape index (κ1) is 20.7. The van der Waals surface area contributed by atoms with Crippen LogP contribution < -0.4 is 10.2 Å². The summed E-state index contributed by atoms with van der Waals surface area (Å²) in [6.07, 6.45) is 0.266. The first-order valence-corrected chi connectivity index (χ1v) is 9.00. The van der Waals surface area contributed by atoms with E-state index in [4.69, 9.17) is 4.74 Å². The molecule has 0 unspecified atom stereocenters. The van der Waals surface area contributed by atoms with E-state index in [9.17, 15) is 24.0 Å². The Morgan fingerprint density at radius 1 is 0.933 bits per heavy atom. The van der Waals surface area contributed by atoms with E-state index < -0.39 is 24.5 Å². The van der Waals surface area contributed by atoms with Gasteiger partial charge in [-0.15, -0.1) is 0 Å². The number of esters is 2. The second-order valence-corrected chi connectivity index (χ2v) is 6.37. The molecule has 1 saturated heterocycles. The molecule has 30 heavy (non-hydrogen) atoms. The fraction of sp³-hybridized carbons (Fsp3) is 0.190. The van der Waals surface area contributed by atoms with Gasteiger partial charge in [0.2, 0.25) is 11.8 Å². The van der Waals surface area contributed by atoms with Gasteiger partial charge in [0.25, 0.3) is 5.91 Å². The van der Waals surface area contributed by atoms with E-state index in [1.165, 1.54) is 49.6 Å². The van der Waals surface area contributed by atoms with Crippen molar-refractivity contribution in [2.24, 2.45) is 0 Å². The van der Waals surface area contributed by atoms with Crippen LogP contribution in [0, 0.1) is 0 Å². The Morgan fingerprint density at radius 2 is 1.60 bits per heavy atom. The third-order valence-corrected chi connectivity index (χ3v) is 4.32. The molecule has 2 aromatic rings. The van der Waals surface area contributed by atoms with Crippen LogP contribution in [-0.2, 0) is 23.9 Å². The van der Waals surface area contributed by atoms with Gasteiger partial charge in [0, 0.05) is 18.5 Å². The van der Waals surface area contributed by atoms with Crippen LogP contribution in [-0.4, -0.2) is 43.4 Å². The molecule has 0 saturated carbocycles. The molecule has 3 amide bonds. The van der Waals surface area contributed by atoms with Gasteiger partial charge in [-0.05, 0) is 42.5 Å².